The number of hydrogen-bond acceptors (Lipinski definition) is 5. The van der Waals surface area contributed by atoms with Crippen LogP contribution in [0.2, 0.25) is 0 Å². The third-order valence-electron chi connectivity index (χ3n) is 4.91. The first kappa shape index (κ1) is 15.3. The van der Waals surface area contributed by atoms with Crippen LogP contribution in [0.15, 0.2) is 6.20 Å². The zero-order valence-electron chi connectivity index (χ0n) is 13.6. The predicted molar refractivity (Wildman–Crippen MR) is 84.9 cm³/mol. The second kappa shape index (κ2) is 6.23. The lowest BCUT2D eigenvalue weighted by molar-refractivity contribution is 0.0523. The van der Waals surface area contributed by atoms with Crippen LogP contribution in [0.1, 0.15) is 68.4 Å². The quantitative estimate of drug-likeness (QED) is 0.845. The maximum Gasteiger partial charge on any atom is 0.341 e. The SMILES string of the molecule is CCOC(=O)c1cnc(N[C@@H]2C[C@H]3CC[C@@H]2C3)nc1C(C)C. The minimum atomic E-state index is -0.335. The minimum Gasteiger partial charge on any atom is -0.462 e. The number of aromatic nitrogens is 2. The van der Waals surface area contributed by atoms with E-state index in [9.17, 15) is 4.79 Å². The summed E-state index contributed by atoms with van der Waals surface area (Å²) in [4.78, 5) is 21.0. The van der Waals surface area contributed by atoms with Gasteiger partial charge in [0.2, 0.25) is 5.95 Å². The zero-order valence-corrected chi connectivity index (χ0v) is 13.6. The maximum atomic E-state index is 12.0. The number of carbonyl (C=O) groups is 1. The van der Waals surface area contributed by atoms with Crippen molar-refractivity contribution in [2.24, 2.45) is 11.8 Å². The van der Waals surface area contributed by atoms with Gasteiger partial charge in [0.05, 0.1) is 17.9 Å². The first-order valence-corrected chi connectivity index (χ1v) is 8.39. The topological polar surface area (TPSA) is 64.1 Å². The summed E-state index contributed by atoms with van der Waals surface area (Å²) in [6.45, 7) is 6.24. The van der Waals surface area contributed by atoms with Gasteiger partial charge < -0.3 is 10.1 Å². The van der Waals surface area contributed by atoms with Crippen LogP contribution in [0, 0.1) is 11.8 Å². The van der Waals surface area contributed by atoms with E-state index in [1.165, 1.54) is 25.7 Å². The lowest BCUT2D eigenvalue weighted by Crippen LogP contribution is -2.27. The van der Waals surface area contributed by atoms with E-state index < -0.39 is 0 Å². The molecule has 0 radical (unpaired) electrons. The number of hydrogen-bond donors (Lipinski definition) is 1. The molecule has 1 heterocycles. The van der Waals surface area contributed by atoms with Crippen LogP contribution < -0.4 is 5.32 Å². The molecule has 5 nitrogen and oxygen atoms in total. The Labute approximate surface area is 131 Å². The molecule has 0 saturated heterocycles. The van der Waals surface area contributed by atoms with Gasteiger partial charge in [-0.05, 0) is 43.9 Å². The molecule has 0 spiro atoms. The van der Waals surface area contributed by atoms with Crippen LogP contribution in [0.3, 0.4) is 0 Å². The number of nitrogens with zero attached hydrogens (tertiary/aromatic N) is 2. The molecule has 0 aromatic carbocycles. The monoisotopic (exact) mass is 303 g/mol. The van der Waals surface area contributed by atoms with E-state index in [0.29, 0.717) is 24.2 Å². The van der Waals surface area contributed by atoms with Crippen molar-refractivity contribution in [2.75, 3.05) is 11.9 Å². The van der Waals surface area contributed by atoms with Crippen LogP contribution in [-0.4, -0.2) is 28.6 Å². The molecule has 5 heteroatoms. The number of ether oxygens (including phenoxy) is 1. The van der Waals surface area contributed by atoms with Crippen LogP contribution in [0.25, 0.3) is 0 Å². The van der Waals surface area contributed by atoms with E-state index in [1.807, 2.05) is 13.8 Å². The molecule has 1 N–H and O–H groups in total. The van der Waals surface area contributed by atoms with Gasteiger partial charge in [0.25, 0.3) is 0 Å². The fourth-order valence-electron chi connectivity index (χ4n) is 3.86. The van der Waals surface area contributed by atoms with Crippen molar-refractivity contribution in [3.8, 4) is 0 Å². The van der Waals surface area contributed by atoms with Gasteiger partial charge in [0, 0.05) is 12.2 Å². The summed E-state index contributed by atoms with van der Waals surface area (Å²) in [6.07, 6.45) is 6.87. The van der Waals surface area contributed by atoms with Crippen molar-refractivity contribution >= 4 is 11.9 Å². The van der Waals surface area contributed by atoms with Gasteiger partial charge in [-0.15, -0.1) is 0 Å². The van der Waals surface area contributed by atoms with E-state index in [-0.39, 0.29) is 11.9 Å². The van der Waals surface area contributed by atoms with Crippen molar-refractivity contribution in [1.82, 2.24) is 9.97 Å². The molecule has 2 aliphatic rings. The molecule has 2 fully saturated rings. The molecule has 0 unspecified atom stereocenters. The third kappa shape index (κ3) is 2.94. The van der Waals surface area contributed by atoms with E-state index in [2.05, 4.69) is 15.3 Å². The number of nitrogens with one attached hydrogen (secondary N) is 1. The lowest BCUT2D eigenvalue weighted by atomic mass is 9.95. The highest BCUT2D eigenvalue weighted by atomic mass is 16.5. The van der Waals surface area contributed by atoms with Gasteiger partial charge >= 0.3 is 5.97 Å². The second-order valence-electron chi connectivity index (χ2n) is 6.79. The Morgan fingerprint density at radius 3 is 2.82 bits per heavy atom. The molecular formula is C17H25N3O2. The van der Waals surface area contributed by atoms with Gasteiger partial charge in [0.15, 0.2) is 0 Å². The molecule has 2 aliphatic carbocycles. The normalized spacial score (nSPS) is 26.5. The smallest absolute Gasteiger partial charge is 0.341 e. The largest absolute Gasteiger partial charge is 0.462 e. The van der Waals surface area contributed by atoms with Crippen molar-refractivity contribution in [3.63, 3.8) is 0 Å². The molecule has 22 heavy (non-hydrogen) atoms. The Hall–Kier alpha value is -1.65. The molecule has 0 aliphatic heterocycles. The average Bonchev–Trinajstić information content (AvgIpc) is 3.10. The summed E-state index contributed by atoms with van der Waals surface area (Å²) in [5, 5.41) is 3.49. The minimum absolute atomic E-state index is 0.156. The number of esters is 1. The van der Waals surface area contributed by atoms with Crippen LogP contribution in [0.4, 0.5) is 5.95 Å². The van der Waals surface area contributed by atoms with Crippen LogP contribution in [-0.2, 0) is 4.74 Å². The molecule has 1 aromatic heterocycles. The Bertz CT molecular complexity index is 559. The highest BCUT2D eigenvalue weighted by molar-refractivity contribution is 5.90. The summed E-state index contributed by atoms with van der Waals surface area (Å²) in [5.41, 5.74) is 1.24. The number of rotatable bonds is 5. The average molecular weight is 303 g/mol. The maximum absolute atomic E-state index is 12.0. The summed E-state index contributed by atoms with van der Waals surface area (Å²) in [6, 6.07) is 0.493. The van der Waals surface area contributed by atoms with Crippen LogP contribution in [0.5, 0.6) is 0 Å². The van der Waals surface area contributed by atoms with E-state index in [1.54, 1.807) is 13.1 Å². The molecule has 2 saturated carbocycles. The number of fused-ring (bicyclic) bond motifs is 2. The zero-order chi connectivity index (χ0) is 15.7. The van der Waals surface area contributed by atoms with Crippen molar-refractivity contribution in [2.45, 2.75) is 58.4 Å². The van der Waals surface area contributed by atoms with E-state index in [0.717, 1.165) is 17.5 Å². The van der Waals surface area contributed by atoms with Crippen LogP contribution >= 0.6 is 0 Å². The highest BCUT2D eigenvalue weighted by Crippen LogP contribution is 2.45. The van der Waals surface area contributed by atoms with Gasteiger partial charge in [-0.1, -0.05) is 20.3 Å². The molecule has 0 amide bonds. The number of anilines is 1. The summed E-state index contributed by atoms with van der Waals surface area (Å²) >= 11 is 0. The van der Waals surface area contributed by atoms with Gasteiger partial charge in [0.1, 0.15) is 0 Å². The second-order valence-corrected chi connectivity index (χ2v) is 6.79. The van der Waals surface area contributed by atoms with E-state index in [4.69, 9.17) is 4.74 Å². The summed E-state index contributed by atoms with van der Waals surface area (Å²) in [7, 11) is 0. The Morgan fingerprint density at radius 1 is 1.41 bits per heavy atom. The first-order chi connectivity index (χ1) is 10.6. The van der Waals surface area contributed by atoms with Gasteiger partial charge in [-0.2, -0.15) is 0 Å². The van der Waals surface area contributed by atoms with Crippen molar-refractivity contribution in [1.29, 1.82) is 0 Å². The molecule has 120 valence electrons. The standard InChI is InChI=1S/C17H25N3O2/c1-4-22-16(21)13-9-18-17(20-15(13)10(2)3)19-14-8-11-5-6-12(14)7-11/h9-12,14H,4-8H2,1-3H3,(H,18,19,20)/t11-,12+,14+/m0/s1. The Kier molecular flexibility index (Phi) is 4.32. The summed E-state index contributed by atoms with van der Waals surface area (Å²) < 4.78 is 5.09. The van der Waals surface area contributed by atoms with Gasteiger partial charge in [-0.3, -0.25) is 0 Å². The summed E-state index contributed by atoms with van der Waals surface area (Å²) in [5.74, 6) is 2.11. The van der Waals surface area contributed by atoms with Crippen molar-refractivity contribution < 1.29 is 9.53 Å². The first-order valence-electron chi connectivity index (χ1n) is 8.39. The fourth-order valence-corrected chi connectivity index (χ4v) is 3.86. The molecule has 1 aromatic rings. The highest BCUT2D eigenvalue weighted by Gasteiger charge is 2.39. The fraction of sp³-hybridized carbons (Fsp3) is 0.706. The Balaban J connectivity index is 1.78. The Morgan fingerprint density at radius 2 is 2.23 bits per heavy atom. The lowest BCUT2D eigenvalue weighted by Gasteiger charge is -2.23. The molecule has 2 bridgehead atoms. The predicted octanol–water partition coefficient (Wildman–Crippen LogP) is 3.38. The molecule has 3 atom stereocenters. The third-order valence-corrected chi connectivity index (χ3v) is 4.91. The van der Waals surface area contributed by atoms with Gasteiger partial charge in [-0.25, -0.2) is 14.8 Å². The molecule has 3 rings (SSSR count). The van der Waals surface area contributed by atoms with E-state index >= 15 is 0 Å². The van der Waals surface area contributed by atoms with Crippen molar-refractivity contribution in [3.05, 3.63) is 17.5 Å². The molecular weight excluding hydrogens is 278 g/mol. The number of carbonyl (C=O) groups excluding carboxylic acids is 1.